The van der Waals surface area contributed by atoms with Gasteiger partial charge in [0.2, 0.25) is 0 Å². The number of oxime groups is 1. The van der Waals surface area contributed by atoms with Gasteiger partial charge >= 0.3 is 5.97 Å². The summed E-state index contributed by atoms with van der Waals surface area (Å²) in [5.41, 5.74) is 0.401. The van der Waals surface area contributed by atoms with Crippen molar-refractivity contribution in [2.45, 2.75) is 13.3 Å². The van der Waals surface area contributed by atoms with E-state index < -0.39 is 5.97 Å². The first-order valence-electron chi connectivity index (χ1n) is 4.56. The molecule has 0 saturated carbocycles. The molecule has 4 heteroatoms. The van der Waals surface area contributed by atoms with E-state index in [0.717, 1.165) is 6.21 Å². The maximum absolute atomic E-state index is 11.3. The predicted molar refractivity (Wildman–Crippen MR) is 55.6 cm³/mol. The summed E-state index contributed by atoms with van der Waals surface area (Å²) in [6, 6.07) is 8.45. The van der Waals surface area contributed by atoms with Crippen LogP contribution in [0.4, 0.5) is 0 Å². The number of benzene rings is 1. The second-order valence-corrected chi connectivity index (χ2v) is 2.80. The van der Waals surface area contributed by atoms with Crippen LogP contribution in [0.5, 0.6) is 0 Å². The molecule has 1 rings (SSSR count). The average molecular weight is 205 g/mol. The molecule has 1 aromatic rings. The van der Waals surface area contributed by atoms with Gasteiger partial charge in [0, 0.05) is 6.42 Å². The SMILES string of the molecule is CCC(=O)/C=N/OC(=O)c1ccccc1. The van der Waals surface area contributed by atoms with Crippen LogP contribution < -0.4 is 0 Å². The number of nitrogens with zero attached hydrogens (tertiary/aromatic N) is 1. The number of Topliss-reactive ketones (excluding diaryl/α,β-unsaturated/α-hetero) is 1. The van der Waals surface area contributed by atoms with Gasteiger partial charge in [0.05, 0.1) is 5.56 Å². The minimum absolute atomic E-state index is 0.184. The molecule has 0 aliphatic heterocycles. The van der Waals surface area contributed by atoms with Crippen LogP contribution in [0, 0.1) is 0 Å². The Kier molecular flexibility index (Phi) is 4.22. The van der Waals surface area contributed by atoms with Gasteiger partial charge in [0.25, 0.3) is 0 Å². The first kappa shape index (κ1) is 11.1. The van der Waals surface area contributed by atoms with Gasteiger partial charge in [-0.2, -0.15) is 0 Å². The van der Waals surface area contributed by atoms with Crippen LogP contribution in [0.1, 0.15) is 23.7 Å². The van der Waals surface area contributed by atoms with E-state index in [0.29, 0.717) is 12.0 Å². The third-order valence-corrected chi connectivity index (χ3v) is 1.69. The van der Waals surface area contributed by atoms with Crippen molar-refractivity contribution >= 4 is 18.0 Å². The molecule has 0 aliphatic rings. The molecule has 0 fully saturated rings. The van der Waals surface area contributed by atoms with Crippen molar-refractivity contribution in [2.24, 2.45) is 5.16 Å². The smallest absolute Gasteiger partial charge is 0.313 e. The van der Waals surface area contributed by atoms with Crippen molar-refractivity contribution in [3.8, 4) is 0 Å². The Labute approximate surface area is 87.5 Å². The van der Waals surface area contributed by atoms with Crippen LogP contribution in [0.3, 0.4) is 0 Å². The van der Waals surface area contributed by atoms with Crippen LogP contribution in [0.15, 0.2) is 35.5 Å². The van der Waals surface area contributed by atoms with E-state index in [2.05, 4.69) is 9.99 Å². The summed E-state index contributed by atoms with van der Waals surface area (Å²) < 4.78 is 0. The first-order chi connectivity index (χ1) is 7.24. The maximum atomic E-state index is 11.3. The highest BCUT2D eigenvalue weighted by molar-refractivity contribution is 6.27. The van der Waals surface area contributed by atoms with E-state index in [1.807, 2.05) is 0 Å². The molecule has 0 radical (unpaired) electrons. The summed E-state index contributed by atoms with van der Waals surface area (Å²) in [5.74, 6) is -0.758. The maximum Gasteiger partial charge on any atom is 0.365 e. The number of hydrogen-bond acceptors (Lipinski definition) is 4. The highest BCUT2D eigenvalue weighted by Crippen LogP contribution is 2.00. The molecule has 0 saturated heterocycles. The Morgan fingerprint density at radius 1 is 1.33 bits per heavy atom. The molecule has 0 N–H and O–H groups in total. The Morgan fingerprint density at radius 3 is 2.60 bits per heavy atom. The Balaban J connectivity index is 2.51. The normalized spacial score (nSPS) is 10.2. The molecule has 15 heavy (non-hydrogen) atoms. The summed E-state index contributed by atoms with van der Waals surface area (Å²) in [7, 11) is 0. The summed E-state index contributed by atoms with van der Waals surface area (Å²) in [6.07, 6.45) is 1.34. The van der Waals surface area contributed by atoms with Crippen molar-refractivity contribution in [2.75, 3.05) is 0 Å². The van der Waals surface area contributed by atoms with Crippen LogP contribution in [-0.4, -0.2) is 18.0 Å². The minimum atomic E-state index is -0.573. The van der Waals surface area contributed by atoms with Crippen molar-refractivity contribution < 1.29 is 14.4 Å². The van der Waals surface area contributed by atoms with E-state index in [9.17, 15) is 9.59 Å². The van der Waals surface area contributed by atoms with Gasteiger partial charge in [-0.05, 0) is 12.1 Å². The molecule has 0 amide bonds. The van der Waals surface area contributed by atoms with Crippen LogP contribution in [0.2, 0.25) is 0 Å². The fraction of sp³-hybridized carbons (Fsp3) is 0.182. The van der Waals surface area contributed by atoms with Crippen LogP contribution in [0.25, 0.3) is 0 Å². The lowest BCUT2D eigenvalue weighted by Gasteiger charge is -1.95. The van der Waals surface area contributed by atoms with Crippen molar-refractivity contribution in [1.29, 1.82) is 0 Å². The van der Waals surface area contributed by atoms with E-state index in [4.69, 9.17) is 0 Å². The van der Waals surface area contributed by atoms with E-state index in [-0.39, 0.29) is 5.78 Å². The van der Waals surface area contributed by atoms with Crippen molar-refractivity contribution in [1.82, 2.24) is 0 Å². The molecule has 0 atom stereocenters. The quantitative estimate of drug-likeness (QED) is 0.428. The predicted octanol–water partition coefficient (Wildman–Crippen LogP) is 1.81. The third-order valence-electron chi connectivity index (χ3n) is 1.69. The number of rotatable bonds is 4. The van der Waals surface area contributed by atoms with E-state index in [1.54, 1.807) is 37.3 Å². The third kappa shape index (κ3) is 3.72. The zero-order chi connectivity index (χ0) is 11.1. The summed E-state index contributed by atoms with van der Waals surface area (Å²) in [4.78, 5) is 26.6. The molecule has 0 spiro atoms. The highest BCUT2D eigenvalue weighted by Gasteiger charge is 2.04. The molecule has 0 bridgehead atoms. The fourth-order valence-corrected chi connectivity index (χ4v) is 0.851. The van der Waals surface area contributed by atoms with Gasteiger partial charge in [0.15, 0.2) is 5.78 Å². The van der Waals surface area contributed by atoms with Gasteiger partial charge in [-0.25, -0.2) is 4.79 Å². The minimum Gasteiger partial charge on any atom is -0.313 e. The highest BCUT2D eigenvalue weighted by atomic mass is 16.7. The molecule has 0 unspecified atom stereocenters. The van der Waals surface area contributed by atoms with Gasteiger partial charge in [-0.1, -0.05) is 30.3 Å². The molecule has 0 aliphatic carbocycles. The number of carbonyl (C=O) groups is 2. The molecular weight excluding hydrogens is 194 g/mol. The molecule has 0 heterocycles. The zero-order valence-corrected chi connectivity index (χ0v) is 8.34. The van der Waals surface area contributed by atoms with Crippen LogP contribution in [-0.2, 0) is 9.63 Å². The van der Waals surface area contributed by atoms with Gasteiger partial charge in [0.1, 0.15) is 6.21 Å². The second kappa shape index (κ2) is 5.70. The standard InChI is InChI=1S/C11H11NO3/c1-2-10(13)8-12-15-11(14)9-6-4-3-5-7-9/h3-8H,2H2,1H3/b12-8+. The molecule has 4 nitrogen and oxygen atoms in total. The largest absolute Gasteiger partial charge is 0.365 e. The second-order valence-electron chi connectivity index (χ2n) is 2.80. The Hall–Kier alpha value is -1.97. The Bertz CT molecular complexity index is 371. The van der Waals surface area contributed by atoms with Crippen LogP contribution >= 0.6 is 0 Å². The zero-order valence-electron chi connectivity index (χ0n) is 8.34. The number of hydrogen-bond donors (Lipinski definition) is 0. The summed E-state index contributed by atoms with van der Waals surface area (Å²) in [6.45, 7) is 1.70. The number of ketones is 1. The number of carbonyl (C=O) groups excluding carboxylic acids is 2. The lowest BCUT2D eigenvalue weighted by atomic mass is 10.2. The summed E-state index contributed by atoms with van der Waals surface area (Å²) in [5, 5.41) is 3.29. The fourth-order valence-electron chi connectivity index (χ4n) is 0.851. The lowest BCUT2D eigenvalue weighted by Crippen LogP contribution is -2.02. The van der Waals surface area contributed by atoms with Crippen molar-refractivity contribution in [3.05, 3.63) is 35.9 Å². The molecule has 0 aromatic heterocycles. The van der Waals surface area contributed by atoms with Gasteiger partial charge in [-0.3, -0.25) is 4.79 Å². The molecular formula is C11H11NO3. The van der Waals surface area contributed by atoms with E-state index >= 15 is 0 Å². The average Bonchev–Trinajstić information content (AvgIpc) is 2.29. The van der Waals surface area contributed by atoms with E-state index in [1.165, 1.54) is 0 Å². The van der Waals surface area contributed by atoms with Gasteiger partial charge in [-0.15, -0.1) is 0 Å². The first-order valence-corrected chi connectivity index (χ1v) is 4.56. The van der Waals surface area contributed by atoms with Crippen molar-refractivity contribution in [3.63, 3.8) is 0 Å². The monoisotopic (exact) mass is 205 g/mol. The summed E-state index contributed by atoms with van der Waals surface area (Å²) >= 11 is 0. The Morgan fingerprint density at radius 2 is 2.00 bits per heavy atom. The van der Waals surface area contributed by atoms with Gasteiger partial charge < -0.3 is 4.84 Å². The lowest BCUT2D eigenvalue weighted by molar-refractivity contribution is -0.112. The topological polar surface area (TPSA) is 55.7 Å². The molecule has 78 valence electrons. The molecule has 1 aromatic carbocycles.